The molecule has 0 amide bonds. The first-order valence-electron chi connectivity index (χ1n) is 9.15. The first kappa shape index (κ1) is 18.6. The molecule has 0 bridgehead atoms. The van der Waals surface area contributed by atoms with Gasteiger partial charge in [0.15, 0.2) is 0 Å². The van der Waals surface area contributed by atoms with Crippen molar-refractivity contribution in [1.82, 2.24) is 0 Å². The number of halogens is 3. The smallest absolute Gasteiger partial charge is 0.166 e. The Balaban J connectivity index is 1.69. The molecule has 130 valence electrons. The van der Waals surface area contributed by atoms with Crippen molar-refractivity contribution in [2.24, 2.45) is 5.92 Å². The highest BCUT2D eigenvalue weighted by molar-refractivity contribution is 6.58. The minimum absolute atomic E-state index is 0.446. The quantitative estimate of drug-likeness (QED) is 0.394. The van der Waals surface area contributed by atoms with E-state index in [4.69, 9.17) is 0 Å². The second-order valence-electron chi connectivity index (χ2n) is 7.12. The summed E-state index contributed by atoms with van der Waals surface area (Å²) in [6.07, 6.45) is 4.71. The van der Waals surface area contributed by atoms with Crippen molar-refractivity contribution in [3.8, 4) is 0 Å². The van der Waals surface area contributed by atoms with E-state index in [1.165, 1.54) is 62.4 Å². The third-order valence-corrected chi connectivity index (χ3v) is 8.83. The van der Waals surface area contributed by atoms with Gasteiger partial charge in [-0.1, -0.05) is 69.3 Å². The molecule has 0 atom stereocenters. The highest BCUT2D eigenvalue weighted by Gasteiger charge is 2.30. The van der Waals surface area contributed by atoms with Crippen molar-refractivity contribution in [1.29, 1.82) is 0 Å². The molecule has 0 N–H and O–H groups in total. The van der Waals surface area contributed by atoms with Crippen molar-refractivity contribution >= 4 is 8.80 Å². The Labute approximate surface area is 140 Å². The summed E-state index contributed by atoms with van der Waals surface area (Å²) in [4.78, 5) is 0. The predicted molar refractivity (Wildman–Crippen MR) is 93.6 cm³/mol. The van der Waals surface area contributed by atoms with E-state index < -0.39 is 20.5 Å². The Morgan fingerprint density at radius 1 is 1.04 bits per heavy atom. The van der Waals surface area contributed by atoms with E-state index in [0.29, 0.717) is 0 Å². The lowest BCUT2D eigenvalue weighted by Gasteiger charge is -2.27. The standard InChI is InChI=1S/C19H29F3Si/c1-2-3-4-13-23-14-11-17(12-15-23)6-5-16-7-9-18(10-8-16)19(20,21)22/h7-10,17,23H,2-6,11-15H2,1H3/t17-,23-. The first-order chi connectivity index (χ1) is 11.0. The molecule has 0 radical (unpaired) electrons. The minimum Gasteiger partial charge on any atom is -0.166 e. The van der Waals surface area contributed by atoms with Crippen LogP contribution in [0.5, 0.6) is 0 Å². The van der Waals surface area contributed by atoms with Gasteiger partial charge in [0, 0.05) is 8.80 Å². The van der Waals surface area contributed by atoms with E-state index in [1.807, 2.05) is 0 Å². The van der Waals surface area contributed by atoms with Gasteiger partial charge in [-0.3, -0.25) is 0 Å². The van der Waals surface area contributed by atoms with Gasteiger partial charge in [0.1, 0.15) is 0 Å². The van der Waals surface area contributed by atoms with Crippen LogP contribution in [0.15, 0.2) is 24.3 Å². The fourth-order valence-corrected chi connectivity index (χ4v) is 7.34. The molecule has 0 nitrogen and oxygen atoms in total. The normalized spacial score (nSPS) is 22.3. The maximum absolute atomic E-state index is 12.5. The van der Waals surface area contributed by atoms with Crippen LogP contribution in [0.1, 0.15) is 56.6 Å². The highest BCUT2D eigenvalue weighted by Crippen LogP contribution is 2.32. The Morgan fingerprint density at radius 2 is 1.70 bits per heavy atom. The van der Waals surface area contributed by atoms with Gasteiger partial charge in [0.25, 0.3) is 0 Å². The summed E-state index contributed by atoms with van der Waals surface area (Å²) >= 11 is 0. The first-order valence-corrected chi connectivity index (χ1v) is 11.6. The molecule has 2 rings (SSSR count). The zero-order valence-corrected chi connectivity index (χ0v) is 15.3. The van der Waals surface area contributed by atoms with E-state index in [9.17, 15) is 13.2 Å². The van der Waals surface area contributed by atoms with Gasteiger partial charge in [-0.15, -0.1) is 0 Å². The Kier molecular flexibility index (Phi) is 7.19. The summed E-state index contributed by atoms with van der Waals surface area (Å²) < 4.78 is 37.6. The van der Waals surface area contributed by atoms with Crippen LogP contribution < -0.4 is 0 Å². The van der Waals surface area contributed by atoms with Crippen LogP contribution in [0.25, 0.3) is 0 Å². The fraction of sp³-hybridized carbons (Fsp3) is 0.684. The van der Waals surface area contributed by atoms with Crippen molar-refractivity contribution in [3.63, 3.8) is 0 Å². The molecule has 1 heterocycles. The number of hydrogen-bond acceptors (Lipinski definition) is 0. The van der Waals surface area contributed by atoms with E-state index in [-0.39, 0.29) is 0 Å². The SMILES string of the molecule is CCCCC[Si@H]1CC[C@H](CCc2ccc(C(F)(F)F)cc2)CC1. The molecular weight excluding hydrogens is 313 g/mol. The van der Waals surface area contributed by atoms with Crippen LogP contribution in [0.4, 0.5) is 13.2 Å². The van der Waals surface area contributed by atoms with Crippen molar-refractivity contribution in [2.45, 2.75) is 76.2 Å². The molecule has 0 spiro atoms. The minimum atomic E-state index is -4.22. The average molecular weight is 343 g/mol. The molecule has 23 heavy (non-hydrogen) atoms. The lowest BCUT2D eigenvalue weighted by molar-refractivity contribution is -0.137. The number of unbranched alkanes of at least 4 members (excludes halogenated alkanes) is 2. The largest absolute Gasteiger partial charge is 0.416 e. The lowest BCUT2D eigenvalue weighted by Crippen LogP contribution is -2.21. The van der Waals surface area contributed by atoms with Crippen LogP contribution in [0.2, 0.25) is 18.1 Å². The maximum atomic E-state index is 12.5. The summed E-state index contributed by atoms with van der Waals surface area (Å²) in [6, 6.07) is 10.2. The zero-order valence-electron chi connectivity index (χ0n) is 14.2. The number of benzene rings is 1. The molecule has 4 heteroatoms. The van der Waals surface area contributed by atoms with Crippen molar-refractivity contribution < 1.29 is 13.2 Å². The molecule has 1 saturated heterocycles. The Hall–Kier alpha value is -0.773. The van der Waals surface area contributed by atoms with Gasteiger partial charge in [0.2, 0.25) is 0 Å². The Bertz CT molecular complexity index is 445. The van der Waals surface area contributed by atoms with Gasteiger partial charge in [-0.05, 0) is 36.5 Å². The number of alkyl halides is 3. The summed E-state index contributed by atoms with van der Waals surface area (Å²) in [5.74, 6) is 0.798. The molecule has 0 saturated carbocycles. The number of aryl methyl sites for hydroxylation is 1. The van der Waals surface area contributed by atoms with Crippen LogP contribution in [0, 0.1) is 5.92 Å². The van der Waals surface area contributed by atoms with Crippen LogP contribution in [0.3, 0.4) is 0 Å². The Morgan fingerprint density at radius 3 is 2.26 bits per heavy atom. The third kappa shape index (κ3) is 6.32. The van der Waals surface area contributed by atoms with Crippen molar-refractivity contribution in [2.75, 3.05) is 0 Å². The number of rotatable bonds is 7. The van der Waals surface area contributed by atoms with Gasteiger partial charge in [0.05, 0.1) is 5.56 Å². The average Bonchev–Trinajstić information content (AvgIpc) is 2.54. The molecule has 0 unspecified atom stereocenters. The molecular formula is C19H29F3Si. The second kappa shape index (κ2) is 8.91. The van der Waals surface area contributed by atoms with Gasteiger partial charge in [-0.2, -0.15) is 13.2 Å². The topological polar surface area (TPSA) is 0 Å². The van der Waals surface area contributed by atoms with Crippen molar-refractivity contribution in [3.05, 3.63) is 35.4 Å². The molecule has 1 fully saturated rings. The number of hydrogen-bond donors (Lipinski definition) is 0. The van der Waals surface area contributed by atoms with Crippen LogP contribution >= 0.6 is 0 Å². The maximum Gasteiger partial charge on any atom is 0.416 e. The fourth-order valence-electron chi connectivity index (χ4n) is 3.72. The second-order valence-corrected chi connectivity index (χ2v) is 10.6. The lowest BCUT2D eigenvalue weighted by atomic mass is 9.94. The van der Waals surface area contributed by atoms with E-state index in [0.717, 1.165) is 24.3 Å². The summed E-state index contributed by atoms with van der Waals surface area (Å²) in [5.41, 5.74) is 0.500. The third-order valence-electron chi connectivity index (χ3n) is 5.30. The summed E-state index contributed by atoms with van der Waals surface area (Å²) in [5, 5.41) is 0. The van der Waals surface area contributed by atoms with Gasteiger partial charge in [-0.25, -0.2) is 0 Å². The molecule has 1 aliphatic heterocycles. The zero-order chi connectivity index (χ0) is 16.7. The molecule has 1 aromatic carbocycles. The molecule has 0 aliphatic carbocycles. The summed E-state index contributed by atoms with van der Waals surface area (Å²) in [7, 11) is -0.446. The molecule has 1 aliphatic rings. The predicted octanol–water partition coefficient (Wildman–Crippen LogP) is 6.47. The van der Waals surface area contributed by atoms with Gasteiger partial charge >= 0.3 is 6.18 Å². The monoisotopic (exact) mass is 342 g/mol. The molecule has 1 aromatic rings. The van der Waals surface area contributed by atoms with E-state index >= 15 is 0 Å². The highest BCUT2D eigenvalue weighted by atomic mass is 28.3. The van der Waals surface area contributed by atoms with E-state index in [2.05, 4.69) is 6.92 Å². The summed E-state index contributed by atoms with van der Waals surface area (Å²) in [6.45, 7) is 2.26. The molecule has 0 aromatic heterocycles. The van der Waals surface area contributed by atoms with E-state index in [1.54, 1.807) is 12.1 Å². The van der Waals surface area contributed by atoms with Crippen LogP contribution in [-0.4, -0.2) is 8.80 Å². The van der Waals surface area contributed by atoms with Gasteiger partial charge < -0.3 is 0 Å². The van der Waals surface area contributed by atoms with Crippen LogP contribution in [-0.2, 0) is 12.6 Å².